The van der Waals surface area contributed by atoms with Gasteiger partial charge in [0.15, 0.2) is 0 Å². The monoisotopic (exact) mass is 285 g/mol. The molecule has 0 saturated heterocycles. The van der Waals surface area contributed by atoms with Crippen molar-refractivity contribution in [3.05, 3.63) is 56.3 Å². The van der Waals surface area contributed by atoms with E-state index in [0.29, 0.717) is 0 Å². The first kappa shape index (κ1) is 13.8. The second kappa shape index (κ2) is 5.71. The van der Waals surface area contributed by atoms with Crippen LogP contribution in [0, 0.1) is 13.8 Å². The van der Waals surface area contributed by atoms with E-state index in [0.717, 1.165) is 6.42 Å². The van der Waals surface area contributed by atoms with Gasteiger partial charge in [-0.1, -0.05) is 23.8 Å². The van der Waals surface area contributed by atoms with Crippen LogP contribution in [0.5, 0.6) is 0 Å². The van der Waals surface area contributed by atoms with E-state index in [9.17, 15) is 0 Å². The average molecular weight is 285 g/mol. The van der Waals surface area contributed by atoms with Crippen molar-refractivity contribution in [3.63, 3.8) is 0 Å². The van der Waals surface area contributed by atoms with Gasteiger partial charge in [0.2, 0.25) is 0 Å². The maximum atomic E-state index is 6.47. The van der Waals surface area contributed by atoms with E-state index < -0.39 is 0 Å². The molecule has 0 spiro atoms. The fourth-order valence-electron chi connectivity index (χ4n) is 3.05. The predicted octanol–water partition coefficient (Wildman–Crippen LogP) is 4.49. The molecule has 1 nitrogen and oxygen atoms in total. The molecule has 2 aromatic rings. The van der Waals surface area contributed by atoms with Crippen molar-refractivity contribution in [2.45, 2.75) is 52.0 Å². The number of hydrogen-bond donors (Lipinski definition) is 1. The topological polar surface area (TPSA) is 26.0 Å². The first-order valence-electron chi connectivity index (χ1n) is 7.56. The molecule has 3 rings (SSSR count). The molecule has 2 heteroatoms. The van der Waals surface area contributed by atoms with Crippen molar-refractivity contribution in [2.24, 2.45) is 5.73 Å². The van der Waals surface area contributed by atoms with Crippen LogP contribution < -0.4 is 5.73 Å². The number of nitrogens with two attached hydrogens (primary N) is 1. The quantitative estimate of drug-likeness (QED) is 0.883. The summed E-state index contributed by atoms with van der Waals surface area (Å²) in [5.41, 5.74) is 12.1. The summed E-state index contributed by atoms with van der Waals surface area (Å²) < 4.78 is 0. The van der Waals surface area contributed by atoms with Crippen LogP contribution in [0.4, 0.5) is 0 Å². The standard InChI is InChI=1S/C18H23NS/c1-12-7-8-13(2)15(9-12)10-16(19)18-11-14-5-3-4-6-17(14)20-18/h7-9,11,16H,3-6,10,19H2,1-2H3. The van der Waals surface area contributed by atoms with E-state index in [-0.39, 0.29) is 6.04 Å². The van der Waals surface area contributed by atoms with E-state index in [1.807, 2.05) is 11.3 Å². The molecule has 0 fully saturated rings. The van der Waals surface area contributed by atoms with E-state index in [1.54, 1.807) is 10.4 Å². The van der Waals surface area contributed by atoms with Crippen molar-refractivity contribution in [2.75, 3.05) is 0 Å². The van der Waals surface area contributed by atoms with Crippen LogP contribution >= 0.6 is 11.3 Å². The van der Waals surface area contributed by atoms with Crippen LogP contribution in [0.3, 0.4) is 0 Å². The Balaban J connectivity index is 1.80. The largest absolute Gasteiger partial charge is 0.323 e. The fourth-order valence-corrected chi connectivity index (χ4v) is 4.31. The highest BCUT2D eigenvalue weighted by molar-refractivity contribution is 7.12. The zero-order chi connectivity index (χ0) is 14.1. The molecule has 1 aliphatic rings. The number of fused-ring (bicyclic) bond motifs is 1. The molecular weight excluding hydrogens is 262 g/mol. The van der Waals surface area contributed by atoms with Gasteiger partial charge in [-0.3, -0.25) is 0 Å². The second-order valence-corrected chi connectivity index (χ2v) is 7.21. The van der Waals surface area contributed by atoms with Gasteiger partial charge in [0.1, 0.15) is 0 Å². The third-order valence-electron chi connectivity index (χ3n) is 4.33. The average Bonchev–Trinajstić information content (AvgIpc) is 2.87. The molecule has 1 aliphatic carbocycles. The minimum Gasteiger partial charge on any atom is -0.323 e. The number of rotatable bonds is 3. The lowest BCUT2D eigenvalue weighted by Crippen LogP contribution is -2.12. The zero-order valence-corrected chi connectivity index (χ0v) is 13.2. The van der Waals surface area contributed by atoms with Gasteiger partial charge in [-0.15, -0.1) is 11.3 Å². The molecule has 1 aromatic carbocycles. The summed E-state index contributed by atoms with van der Waals surface area (Å²) in [6.45, 7) is 4.33. The summed E-state index contributed by atoms with van der Waals surface area (Å²) in [7, 11) is 0. The molecule has 0 saturated carbocycles. The molecule has 0 bridgehead atoms. The SMILES string of the molecule is Cc1ccc(C)c(CC(N)c2cc3c(s2)CCCC3)c1. The third-order valence-corrected chi connectivity index (χ3v) is 5.69. The highest BCUT2D eigenvalue weighted by Gasteiger charge is 2.17. The summed E-state index contributed by atoms with van der Waals surface area (Å²) in [5.74, 6) is 0. The van der Waals surface area contributed by atoms with Crippen molar-refractivity contribution < 1.29 is 0 Å². The molecule has 2 N–H and O–H groups in total. The van der Waals surface area contributed by atoms with Gasteiger partial charge in [-0.05, 0) is 68.7 Å². The second-order valence-electron chi connectivity index (χ2n) is 6.04. The Morgan fingerprint density at radius 1 is 1.15 bits per heavy atom. The molecule has 1 atom stereocenters. The lowest BCUT2D eigenvalue weighted by atomic mass is 9.96. The summed E-state index contributed by atoms with van der Waals surface area (Å²) in [6.07, 6.45) is 6.15. The van der Waals surface area contributed by atoms with Gasteiger partial charge in [-0.2, -0.15) is 0 Å². The van der Waals surface area contributed by atoms with Gasteiger partial charge in [0, 0.05) is 15.8 Å². The van der Waals surface area contributed by atoms with E-state index in [4.69, 9.17) is 5.73 Å². The van der Waals surface area contributed by atoms with Gasteiger partial charge in [-0.25, -0.2) is 0 Å². The normalized spacial score (nSPS) is 15.9. The Morgan fingerprint density at radius 3 is 2.75 bits per heavy atom. The molecule has 1 unspecified atom stereocenters. The summed E-state index contributed by atoms with van der Waals surface area (Å²) >= 11 is 1.95. The van der Waals surface area contributed by atoms with Crippen molar-refractivity contribution in [1.29, 1.82) is 0 Å². The fraction of sp³-hybridized carbons (Fsp3) is 0.444. The molecule has 106 valence electrons. The Hall–Kier alpha value is -1.12. The highest BCUT2D eigenvalue weighted by atomic mass is 32.1. The summed E-state index contributed by atoms with van der Waals surface area (Å²) in [6, 6.07) is 9.17. The Morgan fingerprint density at radius 2 is 1.95 bits per heavy atom. The molecule has 0 amide bonds. The Bertz CT molecular complexity index is 588. The first-order chi connectivity index (χ1) is 9.63. The smallest absolute Gasteiger partial charge is 0.0430 e. The highest BCUT2D eigenvalue weighted by Crippen LogP contribution is 2.33. The van der Waals surface area contributed by atoms with E-state index in [2.05, 4.69) is 38.1 Å². The van der Waals surface area contributed by atoms with Gasteiger partial charge in [0.05, 0.1) is 0 Å². The first-order valence-corrected chi connectivity index (χ1v) is 8.38. The van der Waals surface area contributed by atoms with Crippen LogP contribution in [0.1, 0.15) is 50.9 Å². The molecular formula is C18H23NS. The molecule has 0 aliphatic heterocycles. The number of thiophene rings is 1. The van der Waals surface area contributed by atoms with Crippen LogP contribution in [-0.4, -0.2) is 0 Å². The van der Waals surface area contributed by atoms with Gasteiger partial charge in [0.25, 0.3) is 0 Å². The van der Waals surface area contributed by atoms with Gasteiger partial charge >= 0.3 is 0 Å². The van der Waals surface area contributed by atoms with E-state index in [1.165, 1.54) is 47.3 Å². The van der Waals surface area contributed by atoms with Crippen molar-refractivity contribution >= 4 is 11.3 Å². The Labute approximate surface area is 125 Å². The molecule has 0 radical (unpaired) electrons. The Kier molecular flexibility index (Phi) is 3.95. The summed E-state index contributed by atoms with van der Waals surface area (Å²) in [5, 5.41) is 0. The summed E-state index contributed by atoms with van der Waals surface area (Å²) in [4.78, 5) is 2.96. The maximum absolute atomic E-state index is 6.47. The molecule has 20 heavy (non-hydrogen) atoms. The number of hydrogen-bond acceptors (Lipinski definition) is 2. The molecule has 1 heterocycles. The lowest BCUT2D eigenvalue weighted by molar-refractivity contribution is 0.695. The third kappa shape index (κ3) is 2.82. The predicted molar refractivity (Wildman–Crippen MR) is 87.5 cm³/mol. The van der Waals surface area contributed by atoms with E-state index >= 15 is 0 Å². The number of benzene rings is 1. The lowest BCUT2D eigenvalue weighted by Gasteiger charge is -2.12. The van der Waals surface area contributed by atoms with Crippen LogP contribution in [-0.2, 0) is 19.3 Å². The minimum absolute atomic E-state index is 0.145. The van der Waals surface area contributed by atoms with Crippen LogP contribution in [0.25, 0.3) is 0 Å². The van der Waals surface area contributed by atoms with Crippen LogP contribution in [0.15, 0.2) is 24.3 Å². The minimum atomic E-state index is 0.145. The van der Waals surface area contributed by atoms with Crippen LogP contribution in [0.2, 0.25) is 0 Å². The van der Waals surface area contributed by atoms with Crippen molar-refractivity contribution in [3.8, 4) is 0 Å². The van der Waals surface area contributed by atoms with Gasteiger partial charge < -0.3 is 5.73 Å². The zero-order valence-electron chi connectivity index (χ0n) is 12.4. The van der Waals surface area contributed by atoms with Crippen molar-refractivity contribution in [1.82, 2.24) is 0 Å². The maximum Gasteiger partial charge on any atom is 0.0430 e. The number of aryl methyl sites for hydroxylation is 4. The molecule has 1 aromatic heterocycles.